The number of hydrogen-bond donors (Lipinski definition) is 1. The zero-order chi connectivity index (χ0) is 14.5. The van der Waals surface area contributed by atoms with Gasteiger partial charge in [0.15, 0.2) is 0 Å². The summed E-state index contributed by atoms with van der Waals surface area (Å²) >= 11 is 6.22. The van der Waals surface area contributed by atoms with E-state index in [2.05, 4.69) is 19.2 Å². The lowest BCUT2D eigenvalue weighted by atomic mass is 10.1. The summed E-state index contributed by atoms with van der Waals surface area (Å²) in [4.78, 5) is 0. The first-order chi connectivity index (χ1) is 9.65. The van der Waals surface area contributed by atoms with Crippen LogP contribution < -0.4 is 10.1 Å². The van der Waals surface area contributed by atoms with Crippen LogP contribution in [0.15, 0.2) is 34.7 Å². The quantitative estimate of drug-likeness (QED) is 0.859. The van der Waals surface area contributed by atoms with Crippen LogP contribution in [-0.2, 0) is 13.0 Å². The Morgan fingerprint density at radius 2 is 2.10 bits per heavy atom. The van der Waals surface area contributed by atoms with Gasteiger partial charge in [0.25, 0.3) is 0 Å². The van der Waals surface area contributed by atoms with Crippen molar-refractivity contribution in [2.45, 2.75) is 32.9 Å². The zero-order valence-electron chi connectivity index (χ0n) is 12.1. The molecule has 0 amide bonds. The highest BCUT2D eigenvalue weighted by molar-refractivity contribution is 6.31. The fraction of sp³-hybridized carbons (Fsp3) is 0.375. The largest absolute Gasteiger partial charge is 0.496 e. The van der Waals surface area contributed by atoms with E-state index in [9.17, 15) is 0 Å². The standard InChI is InChI=1S/C16H20ClNO2/c1-4-12-8-9-15(20-12)11(2)18-10-13-14(17)6-5-7-16(13)19-3/h5-9,11,18H,4,10H2,1-3H3. The molecule has 0 fully saturated rings. The molecule has 0 bridgehead atoms. The number of furan rings is 1. The number of nitrogens with one attached hydrogen (secondary N) is 1. The molecule has 3 nitrogen and oxygen atoms in total. The molecule has 0 saturated heterocycles. The van der Waals surface area contributed by atoms with Crippen LogP contribution in [0, 0.1) is 0 Å². The third-order valence-corrected chi connectivity index (χ3v) is 3.69. The number of hydrogen-bond acceptors (Lipinski definition) is 3. The second-order valence-electron chi connectivity index (χ2n) is 4.68. The summed E-state index contributed by atoms with van der Waals surface area (Å²) in [5.74, 6) is 2.74. The Morgan fingerprint density at radius 1 is 1.30 bits per heavy atom. The highest BCUT2D eigenvalue weighted by Crippen LogP contribution is 2.27. The maximum atomic E-state index is 6.22. The van der Waals surface area contributed by atoms with Gasteiger partial charge in [-0.3, -0.25) is 0 Å². The Hall–Kier alpha value is -1.45. The van der Waals surface area contributed by atoms with E-state index in [1.807, 2.05) is 30.3 Å². The molecule has 0 radical (unpaired) electrons. The van der Waals surface area contributed by atoms with Gasteiger partial charge < -0.3 is 14.5 Å². The normalized spacial score (nSPS) is 12.4. The van der Waals surface area contributed by atoms with E-state index in [1.165, 1.54) is 0 Å². The fourth-order valence-electron chi connectivity index (χ4n) is 2.07. The van der Waals surface area contributed by atoms with Gasteiger partial charge in [0.2, 0.25) is 0 Å². The van der Waals surface area contributed by atoms with Crippen molar-refractivity contribution in [3.8, 4) is 5.75 Å². The Kier molecular flexibility index (Phi) is 5.10. The van der Waals surface area contributed by atoms with E-state index < -0.39 is 0 Å². The van der Waals surface area contributed by atoms with Crippen molar-refractivity contribution >= 4 is 11.6 Å². The van der Waals surface area contributed by atoms with Crippen LogP contribution in [-0.4, -0.2) is 7.11 Å². The highest BCUT2D eigenvalue weighted by Gasteiger charge is 2.12. The number of halogens is 1. The van der Waals surface area contributed by atoms with Crippen LogP contribution in [0.25, 0.3) is 0 Å². The van der Waals surface area contributed by atoms with E-state index in [1.54, 1.807) is 7.11 Å². The Bertz CT molecular complexity index is 565. The van der Waals surface area contributed by atoms with Gasteiger partial charge >= 0.3 is 0 Å². The first-order valence-electron chi connectivity index (χ1n) is 6.79. The molecule has 1 aromatic carbocycles. The summed E-state index contributed by atoms with van der Waals surface area (Å²) in [6.07, 6.45) is 0.908. The van der Waals surface area contributed by atoms with E-state index in [4.69, 9.17) is 20.8 Å². The van der Waals surface area contributed by atoms with Gasteiger partial charge in [-0.2, -0.15) is 0 Å². The van der Waals surface area contributed by atoms with Crippen LogP contribution in [0.1, 0.15) is 37.0 Å². The molecule has 2 rings (SSSR count). The minimum absolute atomic E-state index is 0.122. The lowest BCUT2D eigenvalue weighted by Crippen LogP contribution is -2.18. The molecular weight excluding hydrogens is 274 g/mol. The van der Waals surface area contributed by atoms with Crippen molar-refractivity contribution in [1.82, 2.24) is 5.32 Å². The smallest absolute Gasteiger partial charge is 0.124 e. The fourth-order valence-corrected chi connectivity index (χ4v) is 2.31. The molecule has 1 unspecified atom stereocenters. The van der Waals surface area contributed by atoms with Gasteiger partial charge in [0.05, 0.1) is 13.2 Å². The molecule has 0 saturated carbocycles. The molecule has 0 aliphatic carbocycles. The molecule has 108 valence electrons. The van der Waals surface area contributed by atoms with Crippen LogP contribution >= 0.6 is 11.6 Å². The topological polar surface area (TPSA) is 34.4 Å². The third-order valence-electron chi connectivity index (χ3n) is 3.34. The molecule has 1 atom stereocenters. The average molecular weight is 294 g/mol. The minimum atomic E-state index is 0.122. The van der Waals surface area contributed by atoms with Crippen molar-refractivity contribution in [2.24, 2.45) is 0 Å². The van der Waals surface area contributed by atoms with E-state index >= 15 is 0 Å². The van der Waals surface area contributed by atoms with Gasteiger partial charge in [-0.15, -0.1) is 0 Å². The summed E-state index contributed by atoms with van der Waals surface area (Å²) in [5.41, 5.74) is 0.964. The lowest BCUT2D eigenvalue weighted by molar-refractivity contribution is 0.393. The number of ether oxygens (including phenoxy) is 1. The second kappa shape index (κ2) is 6.82. The van der Waals surface area contributed by atoms with Crippen molar-refractivity contribution in [3.63, 3.8) is 0 Å². The van der Waals surface area contributed by atoms with Crippen molar-refractivity contribution in [2.75, 3.05) is 7.11 Å². The average Bonchev–Trinajstić information content (AvgIpc) is 2.94. The minimum Gasteiger partial charge on any atom is -0.496 e. The molecule has 0 spiro atoms. The summed E-state index contributed by atoms with van der Waals surface area (Å²) in [5, 5.41) is 4.12. The van der Waals surface area contributed by atoms with Crippen LogP contribution in [0.2, 0.25) is 5.02 Å². The van der Waals surface area contributed by atoms with Crippen LogP contribution in [0.4, 0.5) is 0 Å². The first kappa shape index (κ1) is 14.9. The number of methoxy groups -OCH3 is 1. The Morgan fingerprint density at radius 3 is 2.75 bits per heavy atom. The molecule has 1 N–H and O–H groups in total. The molecule has 4 heteroatoms. The SMILES string of the molecule is CCc1ccc(C(C)NCc2c(Cl)cccc2OC)o1. The lowest BCUT2D eigenvalue weighted by Gasteiger charge is -2.15. The first-order valence-corrected chi connectivity index (χ1v) is 7.16. The maximum Gasteiger partial charge on any atom is 0.124 e. The van der Waals surface area contributed by atoms with E-state index in [0.29, 0.717) is 11.6 Å². The summed E-state index contributed by atoms with van der Waals surface area (Å²) in [6.45, 7) is 4.78. The molecule has 2 aromatic rings. The number of rotatable bonds is 6. The summed E-state index contributed by atoms with van der Waals surface area (Å²) < 4.78 is 11.1. The third kappa shape index (κ3) is 3.35. The molecule has 1 heterocycles. The van der Waals surface area contributed by atoms with Gasteiger partial charge in [-0.05, 0) is 31.2 Å². The molecule has 20 heavy (non-hydrogen) atoms. The summed E-state index contributed by atoms with van der Waals surface area (Å²) in [6, 6.07) is 9.82. The van der Waals surface area contributed by atoms with Crippen molar-refractivity contribution in [1.29, 1.82) is 0 Å². The second-order valence-corrected chi connectivity index (χ2v) is 5.09. The van der Waals surface area contributed by atoms with Gasteiger partial charge in [-0.1, -0.05) is 24.6 Å². The summed E-state index contributed by atoms with van der Waals surface area (Å²) in [7, 11) is 1.65. The van der Waals surface area contributed by atoms with Gasteiger partial charge in [0, 0.05) is 23.6 Å². The van der Waals surface area contributed by atoms with Crippen molar-refractivity contribution in [3.05, 3.63) is 52.4 Å². The predicted octanol–water partition coefficient (Wildman–Crippen LogP) is 4.35. The highest BCUT2D eigenvalue weighted by atomic mass is 35.5. The number of benzene rings is 1. The van der Waals surface area contributed by atoms with E-state index in [-0.39, 0.29) is 6.04 Å². The number of aryl methyl sites for hydroxylation is 1. The zero-order valence-corrected chi connectivity index (χ0v) is 12.8. The monoisotopic (exact) mass is 293 g/mol. The maximum absolute atomic E-state index is 6.22. The molecule has 0 aliphatic heterocycles. The molecular formula is C16H20ClNO2. The molecule has 1 aromatic heterocycles. The Balaban J connectivity index is 2.05. The van der Waals surface area contributed by atoms with E-state index in [0.717, 1.165) is 29.3 Å². The van der Waals surface area contributed by atoms with Crippen LogP contribution in [0.3, 0.4) is 0 Å². The predicted molar refractivity (Wildman–Crippen MR) is 81.3 cm³/mol. The molecule has 0 aliphatic rings. The van der Waals surface area contributed by atoms with Crippen LogP contribution in [0.5, 0.6) is 5.75 Å². The van der Waals surface area contributed by atoms with Gasteiger partial charge in [0.1, 0.15) is 17.3 Å². The Labute approximate surface area is 124 Å². The van der Waals surface area contributed by atoms with Gasteiger partial charge in [-0.25, -0.2) is 0 Å². The van der Waals surface area contributed by atoms with Crippen molar-refractivity contribution < 1.29 is 9.15 Å².